The molecule has 0 aliphatic heterocycles. The molecule has 0 bridgehead atoms. The number of allylic oxidation sites excluding steroid dienone is 1. The topological polar surface area (TPSA) is 0 Å². The number of benzene rings is 3. The van der Waals surface area contributed by atoms with Crippen LogP contribution in [0.5, 0.6) is 0 Å². The molecule has 0 nitrogen and oxygen atoms in total. The summed E-state index contributed by atoms with van der Waals surface area (Å²) < 4.78 is 7.05. The Morgan fingerprint density at radius 3 is 1.13 bits per heavy atom. The summed E-state index contributed by atoms with van der Waals surface area (Å²) >= 11 is -2.98. The van der Waals surface area contributed by atoms with E-state index in [9.17, 15) is 0 Å². The zero-order valence-electron chi connectivity index (χ0n) is 13.7. The second kappa shape index (κ2) is 7.19. The van der Waals surface area contributed by atoms with Gasteiger partial charge in [0.05, 0.1) is 0 Å². The second-order valence-corrected chi connectivity index (χ2v) is 15.2. The number of rotatable bonds is 4. The molecule has 0 atom stereocenters. The molecular weight excluding hydrogens is 386 g/mol. The third-order valence-electron chi connectivity index (χ3n) is 3.94. The fourth-order valence-corrected chi connectivity index (χ4v) is 14.6. The van der Waals surface area contributed by atoms with Gasteiger partial charge in [0.1, 0.15) is 0 Å². The van der Waals surface area contributed by atoms with E-state index in [1.165, 1.54) is 16.1 Å². The Hall–Kier alpha value is -1.78. The Kier molecular flexibility index (Phi) is 5.03. The van der Waals surface area contributed by atoms with Crippen LogP contribution in [0.1, 0.15) is 13.8 Å². The molecule has 115 valence electrons. The van der Waals surface area contributed by atoms with Crippen molar-refractivity contribution in [2.75, 3.05) is 0 Å². The van der Waals surface area contributed by atoms with Crippen molar-refractivity contribution in [3.63, 3.8) is 0 Å². The van der Waals surface area contributed by atoms with E-state index in [1.54, 1.807) is 0 Å². The van der Waals surface area contributed by atoms with Crippen molar-refractivity contribution in [1.29, 1.82) is 0 Å². The molecular formula is C22H22Sb. The monoisotopic (exact) mass is 407 g/mol. The Bertz CT molecular complexity index is 673. The van der Waals surface area contributed by atoms with Gasteiger partial charge in [0, 0.05) is 0 Å². The van der Waals surface area contributed by atoms with Gasteiger partial charge < -0.3 is 0 Å². The summed E-state index contributed by atoms with van der Waals surface area (Å²) in [6.45, 7) is 4.44. The molecule has 0 unspecified atom stereocenters. The molecule has 0 aliphatic carbocycles. The molecule has 0 aliphatic rings. The predicted octanol–water partition coefficient (Wildman–Crippen LogP) is 3.66. The van der Waals surface area contributed by atoms with Crippen LogP contribution in [0.15, 0.2) is 101 Å². The van der Waals surface area contributed by atoms with Crippen molar-refractivity contribution in [2.45, 2.75) is 13.8 Å². The molecule has 0 amide bonds. The van der Waals surface area contributed by atoms with Gasteiger partial charge in [-0.3, -0.25) is 0 Å². The summed E-state index contributed by atoms with van der Waals surface area (Å²) in [6.07, 6.45) is 0. The van der Waals surface area contributed by atoms with Gasteiger partial charge in [-0.25, -0.2) is 0 Å². The first-order chi connectivity index (χ1) is 11.2. The summed E-state index contributed by atoms with van der Waals surface area (Å²) in [5.41, 5.74) is 1.40. The van der Waals surface area contributed by atoms with Crippen LogP contribution in [-0.2, 0) is 0 Å². The van der Waals surface area contributed by atoms with Crippen LogP contribution in [0.3, 0.4) is 0 Å². The Morgan fingerprint density at radius 1 is 0.565 bits per heavy atom. The van der Waals surface area contributed by atoms with Crippen molar-refractivity contribution in [3.05, 3.63) is 101 Å². The summed E-state index contributed by atoms with van der Waals surface area (Å²) in [7, 11) is 0. The van der Waals surface area contributed by atoms with Crippen molar-refractivity contribution in [2.24, 2.45) is 0 Å². The first-order valence-electron chi connectivity index (χ1n) is 7.95. The van der Waals surface area contributed by atoms with E-state index in [0.29, 0.717) is 0 Å². The van der Waals surface area contributed by atoms with Crippen LogP contribution < -0.4 is 10.5 Å². The Morgan fingerprint density at radius 2 is 0.870 bits per heavy atom. The zero-order valence-corrected chi connectivity index (χ0v) is 16.2. The molecule has 0 saturated heterocycles. The van der Waals surface area contributed by atoms with Crippen LogP contribution in [0.2, 0.25) is 0 Å². The average molecular weight is 408 g/mol. The van der Waals surface area contributed by atoms with Crippen LogP contribution >= 0.6 is 0 Å². The van der Waals surface area contributed by atoms with Crippen molar-refractivity contribution < 1.29 is 0 Å². The van der Waals surface area contributed by atoms with Gasteiger partial charge in [0.25, 0.3) is 0 Å². The molecule has 0 aromatic heterocycles. The van der Waals surface area contributed by atoms with E-state index in [-0.39, 0.29) is 0 Å². The van der Waals surface area contributed by atoms with Gasteiger partial charge >= 0.3 is 144 Å². The maximum atomic E-state index is 2.58. The first-order valence-corrected chi connectivity index (χ1v) is 13.3. The van der Waals surface area contributed by atoms with Gasteiger partial charge in [-0.1, -0.05) is 0 Å². The molecule has 0 heterocycles. The molecule has 0 N–H and O–H groups in total. The summed E-state index contributed by atoms with van der Waals surface area (Å²) in [4.78, 5) is 0. The van der Waals surface area contributed by atoms with Gasteiger partial charge in [-0.05, 0) is 0 Å². The maximum absolute atomic E-state index is 2.98. The van der Waals surface area contributed by atoms with Crippen molar-refractivity contribution >= 4 is 29.3 Å². The molecule has 0 saturated carbocycles. The molecule has 3 rings (SSSR count). The van der Waals surface area contributed by atoms with E-state index in [2.05, 4.69) is 109 Å². The van der Waals surface area contributed by atoms with Gasteiger partial charge in [-0.15, -0.1) is 0 Å². The standard InChI is InChI=1S/3C6H5.C4H7.Sb/c3*1-2-4-6-5-3-1;1-4(2)3;/h3*1-5H;1H,2-3H3;. The van der Waals surface area contributed by atoms with Gasteiger partial charge in [0.2, 0.25) is 0 Å². The fourth-order valence-electron chi connectivity index (χ4n) is 3.05. The van der Waals surface area contributed by atoms with Crippen LogP contribution in [0.4, 0.5) is 0 Å². The predicted molar refractivity (Wildman–Crippen MR) is 103 cm³/mol. The summed E-state index contributed by atoms with van der Waals surface area (Å²) in [6, 6.07) is 33.2. The van der Waals surface area contributed by atoms with E-state index < -0.39 is 18.8 Å². The Balaban J connectivity index is 2.38. The summed E-state index contributed by atoms with van der Waals surface area (Å²) in [5.74, 6) is 0. The normalized spacial score (nSPS) is 11.0. The minimum absolute atomic E-state index is 1.40. The van der Waals surface area contributed by atoms with E-state index in [0.717, 1.165) is 0 Å². The zero-order chi connectivity index (χ0) is 16.1. The van der Waals surface area contributed by atoms with Crippen LogP contribution in [-0.4, -0.2) is 18.8 Å². The second-order valence-electron chi connectivity index (χ2n) is 5.94. The number of hydrogen-bond acceptors (Lipinski definition) is 0. The SMILES string of the molecule is CC(C)=[CH][Sb]([c]1ccccc1)([c]1ccccc1)[c]1ccccc1. The van der Waals surface area contributed by atoms with E-state index in [1.807, 2.05) is 0 Å². The van der Waals surface area contributed by atoms with E-state index >= 15 is 0 Å². The quantitative estimate of drug-likeness (QED) is 0.579. The summed E-state index contributed by atoms with van der Waals surface area (Å²) in [5, 5.41) is 0. The average Bonchev–Trinajstić information content (AvgIpc) is 2.62. The van der Waals surface area contributed by atoms with E-state index in [4.69, 9.17) is 0 Å². The van der Waals surface area contributed by atoms with Crippen LogP contribution in [0, 0.1) is 0 Å². The molecule has 0 spiro atoms. The fraction of sp³-hybridized carbons (Fsp3) is 0.0909. The molecule has 1 heteroatoms. The molecule has 1 radical (unpaired) electrons. The number of hydrogen-bond donors (Lipinski definition) is 0. The van der Waals surface area contributed by atoms with Crippen molar-refractivity contribution in [1.82, 2.24) is 0 Å². The molecule has 3 aromatic carbocycles. The Labute approximate surface area is 143 Å². The van der Waals surface area contributed by atoms with Gasteiger partial charge in [-0.2, -0.15) is 0 Å². The van der Waals surface area contributed by atoms with Gasteiger partial charge in [0.15, 0.2) is 0 Å². The minimum atomic E-state index is -2.98. The molecule has 0 fully saturated rings. The third-order valence-corrected chi connectivity index (χ3v) is 16.0. The van der Waals surface area contributed by atoms with Crippen LogP contribution in [0.25, 0.3) is 0 Å². The molecule has 3 aromatic rings. The third kappa shape index (κ3) is 3.28. The molecule has 23 heavy (non-hydrogen) atoms. The van der Waals surface area contributed by atoms with Crippen molar-refractivity contribution in [3.8, 4) is 0 Å². The first kappa shape index (κ1) is 16.1.